The molecular formula is C9H9Cl2N. The van der Waals surface area contributed by atoms with Crippen LogP contribution in [0.15, 0.2) is 12.1 Å². The van der Waals surface area contributed by atoms with Gasteiger partial charge in [0.05, 0.1) is 0 Å². The highest BCUT2D eigenvalue weighted by molar-refractivity contribution is 6.35. The summed E-state index contributed by atoms with van der Waals surface area (Å²) in [5.41, 5.74) is 8.19. The molecule has 0 bridgehead atoms. The first kappa shape index (κ1) is 8.36. The van der Waals surface area contributed by atoms with Gasteiger partial charge in [-0.05, 0) is 36.1 Å². The molecule has 0 spiro atoms. The Morgan fingerprint density at radius 1 is 1.25 bits per heavy atom. The summed E-state index contributed by atoms with van der Waals surface area (Å²) in [7, 11) is 0. The van der Waals surface area contributed by atoms with Gasteiger partial charge in [0, 0.05) is 16.1 Å². The molecule has 0 saturated carbocycles. The number of hydrogen-bond donors (Lipinski definition) is 1. The standard InChI is InChI=1S/C9H9Cl2N/c10-6-1-5-2-7(12)4-8(5)9(11)3-6/h1,3,7H,2,4,12H2. The number of nitrogens with two attached hydrogens (primary N) is 1. The van der Waals surface area contributed by atoms with Crippen molar-refractivity contribution < 1.29 is 0 Å². The van der Waals surface area contributed by atoms with Crippen molar-refractivity contribution in [3.8, 4) is 0 Å². The molecule has 0 fully saturated rings. The van der Waals surface area contributed by atoms with Crippen molar-refractivity contribution in [2.75, 3.05) is 0 Å². The third-order valence-electron chi connectivity index (χ3n) is 2.20. The van der Waals surface area contributed by atoms with Crippen LogP contribution in [0.5, 0.6) is 0 Å². The minimum absolute atomic E-state index is 0.218. The lowest BCUT2D eigenvalue weighted by atomic mass is 10.1. The van der Waals surface area contributed by atoms with Gasteiger partial charge < -0.3 is 5.73 Å². The summed E-state index contributed by atoms with van der Waals surface area (Å²) in [5, 5.41) is 1.46. The van der Waals surface area contributed by atoms with Crippen LogP contribution in [0.25, 0.3) is 0 Å². The van der Waals surface area contributed by atoms with Gasteiger partial charge in [0.1, 0.15) is 0 Å². The summed E-state index contributed by atoms with van der Waals surface area (Å²) in [4.78, 5) is 0. The molecule has 0 aliphatic heterocycles. The Kier molecular flexibility index (Phi) is 2.03. The van der Waals surface area contributed by atoms with Crippen LogP contribution in [-0.4, -0.2) is 6.04 Å². The molecular weight excluding hydrogens is 193 g/mol. The van der Waals surface area contributed by atoms with E-state index in [-0.39, 0.29) is 6.04 Å². The molecule has 0 aromatic heterocycles. The van der Waals surface area contributed by atoms with Crippen molar-refractivity contribution in [3.63, 3.8) is 0 Å². The Balaban J connectivity index is 2.52. The van der Waals surface area contributed by atoms with Crippen molar-refractivity contribution >= 4 is 23.2 Å². The fourth-order valence-electron chi connectivity index (χ4n) is 1.68. The Labute approximate surface area is 81.5 Å². The average Bonchev–Trinajstić information content (AvgIpc) is 2.29. The second-order valence-electron chi connectivity index (χ2n) is 3.19. The summed E-state index contributed by atoms with van der Waals surface area (Å²) < 4.78 is 0. The second-order valence-corrected chi connectivity index (χ2v) is 4.04. The molecule has 3 heteroatoms. The van der Waals surface area contributed by atoms with Crippen molar-refractivity contribution in [1.29, 1.82) is 0 Å². The zero-order chi connectivity index (χ0) is 8.72. The molecule has 2 rings (SSSR count). The van der Waals surface area contributed by atoms with E-state index in [9.17, 15) is 0 Å². The van der Waals surface area contributed by atoms with Crippen molar-refractivity contribution in [1.82, 2.24) is 0 Å². The van der Waals surface area contributed by atoms with Crippen LogP contribution in [0, 0.1) is 0 Å². The Bertz CT molecular complexity index is 323. The summed E-state index contributed by atoms with van der Waals surface area (Å²) >= 11 is 11.9. The van der Waals surface area contributed by atoms with Crippen LogP contribution < -0.4 is 5.73 Å². The normalized spacial score (nSPS) is 21.1. The van der Waals surface area contributed by atoms with E-state index >= 15 is 0 Å². The molecule has 64 valence electrons. The zero-order valence-corrected chi connectivity index (χ0v) is 7.99. The first-order valence-corrected chi connectivity index (χ1v) is 4.65. The number of rotatable bonds is 0. The monoisotopic (exact) mass is 201 g/mol. The summed E-state index contributed by atoms with van der Waals surface area (Å²) in [5.74, 6) is 0. The second kappa shape index (κ2) is 2.91. The third kappa shape index (κ3) is 1.33. The number of hydrogen-bond acceptors (Lipinski definition) is 1. The number of benzene rings is 1. The molecule has 1 aliphatic carbocycles. The quantitative estimate of drug-likeness (QED) is 0.686. The molecule has 2 N–H and O–H groups in total. The fourth-order valence-corrected chi connectivity index (χ4v) is 2.30. The van der Waals surface area contributed by atoms with E-state index in [2.05, 4.69) is 0 Å². The first-order chi connectivity index (χ1) is 5.66. The van der Waals surface area contributed by atoms with Crippen LogP contribution in [0.1, 0.15) is 11.1 Å². The predicted octanol–water partition coefficient (Wildman–Crippen LogP) is 2.42. The zero-order valence-electron chi connectivity index (χ0n) is 6.48. The summed E-state index contributed by atoms with van der Waals surface area (Å²) in [6.07, 6.45) is 1.78. The molecule has 0 saturated heterocycles. The Morgan fingerprint density at radius 2 is 2.00 bits per heavy atom. The average molecular weight is 202 g/mol. The van der Waals surface area contributed by atoms with Gasteiger partial charge in [0.2, 0.25) is 0 Å². The molecule has 0 amide bonds. The maximum absolute atomic E-state index is 6.00. The van der Waals surface area contributed by atoms with Crippen LogP contribution in [-0.2, 0) is 12.8 Å². The van der Waals surface area contributed by atoms with Crippen LogP contribution in [0.3, 0.4) is 0 Å². The lowest BCUT2D eigenvalue weighted by Crippen LogP contribution is -2.19. The Hall–Kier alpha value is -0.240. The fraction of sp³-hybridized carbons (Fsp3) is 0.333. The highest BCUT2D eigenvalue weighted by Crippen LogP contribution is 2.31. The smallest absolute Gasteiger partial charge is 0.0456 e. The van der Waals surface area contributed by atoms with Crippen molar-refractivity contribution in [2.45, 2.75) is 18.9 Å². The van der Waals surface area contributed by atoms with E-state index in [0.717, 1.165) is 17.9 Å². The van der Waals surface area contributed by atoms with E-state index in [1.807, 2.05) is 6.07 Å². The van der Waals surface area contributed by atoms with Gasteiger partial charge in [-0.2, -0.15) is 0 Å². The van der Waals surface area contributed by atoms with Gasteiger partial charge in [-0.3, -0.25) is 0 Å². The van der Waals surface area contributed by atoms with Gasteiger partial charge in [0.15, 0.2) is 0 Å². The maximum Gasteiger partial charge on any atom is 0.0456 e. The molecule has 1 unspecified atom stereocenters. The number of fused-ring (bicyclic) bond motifs is 1. The molecule has 1 aliphatic rings. The highest BCUT2D eigenvalue weighted by Gasteiger charge is 2.20. The van der Waals surface area contributed by atoms with Gasteiger partial charge >= 0.3 is 0 Å². The van der Waals surface area contributed by atoms with Gasteiger partial charge in [-0.1, -0.05) is 23.2 Å². The van der Waals surface area contributed by atoms with Crippen LogP contribution >= 0.6 is 23.2 Å². The molecule has 0 heterocycles. The third-order valence-corrected chi connectivity index (χ3v) is 2.76. The SMILES string of the molecule is NC1Cc2cc(Cl)cc(Cl)c2C1. The van der Waals surface area contributed by atoms with Crippen molar-refractivity contribution in [2.24, 2.45) is 5.73 Å². The minimum Gasteiger partial charge on any atom is -0.327 e. The first-order valence-electron chi connectivity index (χ1n) is 3.89. The molecule has 1 atom stereocenters. The molecule has 1 aromatic carbocycles. The van der Waals surface area contributed by atoms with Crippen molar-refractivity contribution in [3.05, 3.63) is 33.3 Å². The Morgan fingerprint density at radius 3 is 2.75 bits per heavy atom. The largest absolute Gasteiger partial charge is 0.327 e. The van der Waals surface area contributed by atoms with E-state index in [4.69, 9.17) is 28.9 Å². The van der Waals surface area contributed by atoms with Gasteiger partial charge in [-0.15, -0.1) is 0 Å². The van der Waals surface area contributed by atoms with Crippen LogP contribution in [0.4, 0.5) is 0 Å². The molecule has 0 radical (unpaired) electrons. The summed E-state index contributed by atoms with van der Waals surface area (Å²) in [6.45, 7) is 0. The van der Waals surface area contributed by atoms with Gasteiger partial charge in [0.25, 0.3) is 0 Å². The lowest BCUT2D eigenvalue weighted by Gasteiger charge is -2.01. The van der Waals surface area contributed by atoms with Crippen LogP contribution in [0.2, 0.25) is 10.0 Å². The number of halogens is 2. The lowest BCUT2D eigenvalue weighted by molar-refractivity contribution is 0.721. The molecule has 1 aromatic rings. The molecule has 12 heavy (non-hydrogen) atoms. The van der Waals surface area contributed by atoms with E-state index < -0.39 is 0 Å². The van der Waals surface area contributed by atoms with E-state index in [0.29, 0.717) is 5.02 Å². The predicted molar refractivity (Wildman–Crippen MR) is 51.8 cm³/mol. The highest BCUT2D eigenvalue weighted by atomic mass is 35.5. The minimum atomic E-state index is 0.218. The van der Waals surface area contributed by atoms with E-state index in [1.54, 1.807) is 6.07 Å². The maximum atomic E-state index is 6.00. The van der Waals surface area contributed by atoms with Gasteiger partial charge in [-0.25, -0.2) is 0 Å². The molecule has 1 nitrogen and oxygen atoms in total. The van der Waals surface area contributed by atoms with E-state index in [1.165, 1.54) is 11.1 Å². The topological polar surface area (TPSA) is 26.0 Å². The summed E-state index contributed by atoms with van der Waals surface area (Å²) in [6, 6.07) is 3.95.